The molecule has 19 heavy (non-hydrogen) atoms. The molecule has 0 bridgehead atoms. The van der Waals surface area contributed by atoms with Crippen molar-refractivity contribution in [3.8, 4) is 0 Å². The molecule has 0 atom stereocenters. The lowest BCUT2D eigenvalue weighted by Crippen LogP contribution is -2.51. The zero-order valence-corrected chi connectivity index (χ0v) is 12.4. The first-order chi connectivity index (χ1) is 9.18. The van der Waals surface area contributed by atoms with Crippen LogP contribution in [-0.4, -0.2) is 51.2 Å². The molecule has 0 unspecified atom stereocenters. The van der Waals surface area contributed by atoms with E-state index < -0.39 is 0 Å². The Kier molecular flexibility index (Phi) is 5.22. The van der Waals surface area contributed by atoms with Crippen molar-refractivity contribution in [2.45, 2.75) is 38.5 Å². The number of carbonyl (C=O) groups excluding carboxylic acids is 1. The molecular weight excluding hydrogens is 240 g/mol. The molecule has 0 aromatic rings. The van der Waals surface area contributed by atoms with Gasteiger partial charge in [0.05, 0.1) is 12.0 Å². The highest BCUT2D eigenvalue weighted by atomic mass is 16.5. The second-order valence-electron chi connectivity index (χ2n) is 6.30. The molecule has 110 valence electrons. The fourth-order valence-corrected chi connectivity index (χ4v) is 3.67. The van der Waals surface area contributed by atoms with Gasteiger partial charge in [-0.1, -0.05) is 12.8 Å². The predicted octanol–water partition coefficient (Wildman–Crippen LogP) is 1.65. The number of nitrogens with zero attached hydrogens (tertiary/aromatic N) is 1. The van der Waals surface area contributed by atoms with E-state index in [1.54, 1.807) is 7.11 Å². The highest BCUT2D eigenvalue weighted by Gasteiger charge is 2.41. The van der Waals surface area contributed by atoms with Crippen LogP contribution in [0.15, 0.2) is 0 Å². The molecule has 1 N–H and O–H groups in total. The molecule has 2 fully saturated rings. The molecule has 4 nitrogen and oxygen atoms in total. The first-order valence-corrected chi connectivity index (χ1v) is 7.63. The van der Waals surface area contributed by atoms with E-state index in [0.717, 1.165) is 38.4 Å². The molecule has 2 aliphatic rings. The van der Waals surface area contributed by atoms with Crippen molar-refractivity contribution >= 4 is 5.91 Å². The summed E-state index contributed by atoms with van der Waals surface area (Å²) in [6.45, 7) is 3.33. The molecule has 0 aromatic heterocycles. The van der Waals surface area contributed by atoms with E-state index in [-0.39, 0.29) is 5.41 Å². The van der Waals surface area contributed by atoms with Gasteiger partial charge in [0, 0.05) is 20.7 Å². The average molecular weight is 268 g/mol. The number of piperidine rings is 1. The Morgan fingerprint density at radius 1 is 1.32 bits per heavy atom. The van der Waals surface area contributed by atoms with E-state index in [0.29, 0.717) is 12.5 Å². The Labute approximate surface area is 116 Å². The fourth-order valence-electron chi connectivity index (χ4n) is 3.67. The SMILES string of the molecule is COCC1(C(=O)N(C)CC2CCCC2)CCNCC1. The van der Waals surface area contributed by atoms with Crippen LogP contribution in [0.4, 0.5) is 0 Å². The van der Waals surface area contributed by atoms with E-state index in [4.69, 9.17) is 4.74 Å². The summed E-state index contributed by atoms with van der Waals surface area (Å²) < 4.78 is 5.35. The molecule has 1 aliphatic carbocycles. The standard InChI is InChI=1S/C15H28N2O2/c1-17(11-13-5-3-4-6-13)14(18)15(12-19-2)7-9-16-10-8-15/h13,16H,3-12H2,1-2H3. The average Bonchev–Trinajstić information content (AvgIpc) is 2.92. The van der Waals surface area contributed by atoms with Crippen molar-refractivity contribution in [1.82, 2.24) is 10.2 Å². The zero-order valence-electron chi connectivity index (χ0n) is 12.4. The molecule has 0 aromatic carbocycles. The van der Waals surface area contributed by atoms with E-state index in [2.05, 4.69) is 5.32 Å². The number of ether oxygens (including phenoxy) is 1. The van der Waals surface area contributed by atoms with Gasteiger partial charge >= 0.3 is 0 Å². The third-order valence-electron chi connectivity index (χ3n) is 4.79. The number of hydrogen-bond donors (Lipinski definition) is 1. The summed E-state index contributed by atoms with van der Waals surface area (Å²) in [6, 6.07) is 0. The summed E-state index contributed by atoms with van der Waals surface area (Å²) in [4.78, 5) is 14.8. The quantitative estimate of drug-likeness (QED) is 0.824. The molecular formula is C15H28N2O2. The summed E-state index contributed by atoms with van der Waals surface area (Å²) in [6.07, 6.45) is 7.04. The Balaban J connectivity index is 1.96. The lowest BCUT2D eigenvalue weighted by Gasteiger charge is -2.39. The maximum absolute atomic E-state index is 12.8. The molecule has 1 saturated heterocycles. The Morgan fingerprint density at radius 2 is 1.95 bits per heavy atom. The van der Waals surface area contributed by atoms with Crippen molar-refractivity contribution in [1.29, 1.82) is 0 Å². The minimum absolute atomic E-state index is 0.284. The molecule has 1 heterocycles. The van der Waals surface area contributed by atoms with Gasteiger partial charge in [-0.05, 0) is 44.7 Å². The second kappa shape index (κ2) is 6.71. The van der Waals surface area contributed by atoms with Gasteiger partial charge in [-0.15, -0.1) is 0 Å². The first kappa shape index (κ1) is 14.8. The Bertz CT molecular complexity index is 289. The van der Waals surface area contributed by atoms with E-state index in [1.165, 1.54) is 25.7 Å². The van der Waals surface area contributed by atoms with Crippen LogP contribution in [0.2, 0.25) is 0 Å². The lowest BCUT2D eigenvalue weighted by atomic mass is 9.78. The third-order valence-corrected chi connectivity index (χ3v) is 4.79. The van der Waals surface area contributed by atoms with Crippen LogP contribution in [0.5, 0.6) is 0 Å². The molecule has 1 aliphatic heterocycles. The molecule has 1 amide bonds. The van der Waals surface area contributed by atoms with Crippen molar-refractivity contribution in [2.24, 2.45) is 11.3 Å². The van der Waals surface area contributed by atoms with Gasteiger partial charge in [-0.25, -0.2) is 0 Å². The van der Waals surface area contributed by atoms with Crippen molar-refractivity contribution in [3.05, 3.63) is 0 Å². The maximum atomic E-state index is 12.8. The van der Waals surface area contributed by atoms with Crippen LogP contribution in [0.3, 0.4) is 0 Å². The molecule has 1 saturated carbocycles. The number of amides is 1. The van der Waals surface area contributed by atoms with Crippen LogP contribution in [0.25, 0.3) is 0 Å². The molecule has 2 rings (SSSR count). The fraction of sp³-hybridized carbons (Fsp3) is 0.933. The number of rotatable bonds is 5. The van der Waals surface area contributed by atoms with Gasteiger partial charge < -0.3 is 15.0 Å². The summed E-state index contributed by atoms with van der Waals surface area (Å²) >= 11 is 0. The molecule has 4 heteroatoms. The van der Waals surface area contributed by atoms with Crippen LogP contribution in [0, 0.1) is 11.3 Å². The summed E-state index contributed by atoms with van der Waals surface area (Å²) in [7, 11) is 3.67. The van der Waals surface area contributed by atoms with Gasteiger partial charge in [0.15, 0.2) is 0 Å². The predicted molar refractivity (Wildman–Crippen MR) is 76.0 cm³/mol. The van der Waals surface area contributed by atoms with E-state index in [9.17, 15) is 4.79 Å². The monoisotopic (exact) mass is 268 g/mol. The van der Waals surface area contributed by atoms with Crippen molar-refractivity contribution < 1.29 is 9.53 Å². The Hall–Kier alpha value is -0.610. The summed E-state index contributed by atoms with van der Waals surface area (Å²) in [5.41, 5.74) is -0.284. The van der Waals surface area contributed by atoms with E-state index >= 15 is 0 Å². The number of methoxy groups -OCH3 is 1. The Morgan fingerprint density at radius 3 is 2.53 bits per heavy atom. The molecule has 0 radical (unpaired) electrons. The number of nitrogens with one attached hydrogen (secondary N) is 1. The summed E-state index contributed by atoms with van der Waals surface area (Å²) in [5.74, 6) is 1.01. The van der Waals surface area contributed by atoms with Crippen LogP contribution in [-0.2, 0) is 9.53 Å². The van der Waals surface area contributed by atoms with Crippen molar-refractivity contribution in [2.75, 3.05) is 40.4 Å². The number of carbonyl (C=O) groups is 1. The minimum atomic E-state index is -0.284. The van der Waals surface area contributed by atoms with Crippen LogP contribution < -0.4 is 5.32 Å². The smallest absolute Gasteiger partial charge is 0.230 e. The van der Waals surface area contributed by atoms with Gasteiger partial charge in [-0.3, -0.25) is 4.79 Å². The lowest BCUT2D eigenvalue weighted by molar-refractivity contribution is -0.146. The molecule has 0 spiro atoms. The van der Waals surface area contributed by atoms with Crippen molar-refractivity contribution in [3.63, 3.8) is 0 Å². The zero-order chi connectivity index (χ0) is 13.7. The van der Waals surface area contributed by atoms with Gasteiger partial charge in [0.2, 0.25) is 5.91 Å². The van der Waals surface area contributed by atoms with E-state index in [1.807, 2.05) is 11.9 Å². The minimum Gasteiger partial charge on any atom is -0.384 e. The van der Waals surface area contributed by atoms with Gasteiger partial charge in [0.25, 0.3) is 0 Å². The van der Waals surface area contributed by atoms with Gasteiger partial charge in [-0.2, -0.15) is 0 Å². The van der Waals surface area contributed by atoms with Gasteiger partial charge in [0.1, 0.15) is 0 Å². The highest BCUT2D eigenvalue weighted by Crippen LogP contribution is 2.33. The second-order valence-corrected chi connectivity index (χ2v) is 6.30. The van der Waals surface area contributed by atoms with Crippen LogP contribution in [0.1, 0.15) is 38.5 Å². The largest absolute Gasteiger partial charge is 0.384 e. The third kappa shape index (κ3) is 3.48. The topological polar surface area (TPSA) is 41.6 Å². The first-order valence-electron chi connectivity index (χ1n) is 7.63. The van der Waals surface area contributed by atoms with Crippen LogP contribution >= 0.6 is 0 Å². The number of hydrogen-bond acceptors (Lipinski definition) is 3. The normalized spacial score (nSPS) is 23.5. The maximum Gasteiger partial charge on any atom is 0.230 e. The summed E-state index contributed by atoms with van der Waals surface area (Å²) in [5, 5.41) is 3.34. The highest BCUT2D eigenvalue weighted by molar-refractivity contribution is 5.83.